The molecular weight excluding hydrogens is 388 g/mol. The lowest BCUT2D eigenvalue weighted by atomic mass is 9.98. The number of methoxy groups -OCH3 is 1. The Balaban J connectivity index is 1.55. The van der Waals surface area contributed by atoms with Crippen molar-refractivity contribution in [3.05, 3.63) is 58.5 Å². The first-order valence-electron chi connectivity index (χ1n) is 9.06. The third-order valence-electron chi connectivity index (χ3n) is 4.34. The molecule has 2 aromatic carbocycles. The molecule has 0 spiro atoms. The minimum atomic E-state index is -0.0146. The van der Waals surface area contributed by atoms with Crippen LogP contribution in [-0.4, -0.2) is 23.8 Å². The number of hydrogen-bond donors (Lipinski definition) is 1. The number of benzene rings is 2. The molecule has 1 amide bonds. The summed E-state index contributed by atoms with van der Waals surface area (Å²) in [7, 11) is 1.65. The summed E-state index contributed by atoms with van der Waals surface area (Å²) in [6.45, 7) is 6.30. The molecule has 28 heavy (non-hydrogen) atoms. The van der Waals surface area contributed by atoms with E-state index in [9.17, 15) is 4.79 Å². The van der Waals surface area contributed by atoms with Gasteiger partial charge in [-0.25, -0.2) is 4.98 Å². The fraction of sp³-hybridized carbons (Fsp3) is 0.273. The lowest BCUT2D eigenvalue weighted by Gasteiger charge is -2.08. The van der Waals surface area contributed by atoms with Gasteiger partial charge < -0.3 is 10.1 Å². The van der Waals surface area contributed by atoms with Gasteiger partial charge >= 0.3 is 0 Å². The lowest BCUT2D eigenvalue weighted by molar-refractivity contribution is -0.115. The molecule has 3 aromatic rings. The summed E-state index contributed by atoms with van der Waals surface area (Å²) in [5, 5.41) is 5.58. The summed E-state index contributed by atoms with van der Waals surface area (Å²) >= 11 is 3.12. The average molecular weight is 413 g/mol. The largest absolute Gasteiger partial charge is 0.497 e. The molecule has 0 aliphatic heterocycles. The third kappa shape index (κ3) is 5.14. The molecule has 3 rings (SSSR count). The van der Waals surface area contributed by atoms with Gasteiger partial charge in [-0.1, -0.05) is 17.7 Å². The monoisotopic (exact) mass is 412 g/mol. The molecule has 0 radical (unpaired) electrons. The number of aromatic nitrogens is 1. The van der Waals surface area contributed by atoms with Crippen LogP contribution in [0, 0.1) is 20.8 Å². The van der Waals surface area contributed by atoms with Crippen molar-refractivity contribution in [2.45, 2.75) is 32.1 Å². The molecule has 0 fully saturated rings. The number of carbonyl (C=O) groups excluding carboxylic acids is 1. The smallest absolute Gasteiger partial charge is 0.226 e. The van der Waals surface area contributed by atoms with E-state index in [1.165, 1.54) is 28.0 Å². The SMILES string of the molecule is COc1ccc(SCCC(=O)Nc2nc(-c3c(C)cc(C)cc3C)cs2)cc1. The molecule has 0 saturated carbocycles. The van der Waals surface area contributed by atoms with Crippen molar-refractivity contribution in [3.8, 4) is 17.0 Å². The fourth-order valence-electron chi connectivity index (χ4n) is 3.15. The van der Waals surface area contributed by atoms with Gasteiger partial charge in [-0.2, -0.15) is 0 Å². The Kier molecular flexibility index (Phi) is 6.75. The van der Waals surface area contributed by atoms with E-state index in [2.05, 4.69) is 43.2 Å². The van der Waals surface area contributed by atoms with Gasteiger partial charge in [-0.05, 0) is 56.2 Å². The second kappa shape index (κ2) is 9.26. The number of anilines is 1. The van der Waals surface area contributed by atoms with Crippen LogP contribution in [0.2, 0.25) is 0 Å². The van der Waals surface area contributed by atoms with Gasteiger partial charge in [0.25, 0.3) is 0 Å². The summed E-state index contributed by atoms with van der Waals surface area (Å²) in [4.78, 5) is 18.0. The maximum atomic E-state index is 12.2. The minimum Gasteiger partial charge on any atom is -0.497 e. The number of thiazole rings is 1. The number of hydrogen-bond acceptors (Lipinski definition) is 5. The molecule has 1 N–H and O–H groups in total. The van der Waals surface area contributed by atoms with E-state index in [0.717, 1.165) is 21.9 Å². The topological polar surface area (TPSA) is 51.2 Å². The van der Waals surface area contributed by atoms with Gasteiger partial charge in [-0.15, -0.1) is 23.1 Å². The molecule has 0 aliphatic rings. The third-order valence-corrected chi connectivity index (χ3v) is 6.11. The number of ether oxygens (including phenoxy) is 1. The van der Waals surface area contributed by atoms with E-state index in [4.69, 9.17) is 4.74 Å². The summed E-state index contributed by atoms with van der Waals surface area (Å²) in [6, 6.07) is 12.2. The quantitative estimate of drug-likeness (QED) is 0.494. The van der Waals surface area contributed by atoms with E-state index in [0.29, 0.717) is 17.3 Å². The highest BCUT2D eigenvalue weighted by Gasteiger charge is 2.12. The fourth-order valence-corrected chi connectivity index (χ4v) is 4.71. The number of carbonyl (C=O) groups is 1. The standard InChI is InChI=1S/C22H24N2O2S2/c1-14-11-15(2)21(16(3)12-14)19-13-28-22(23-19)24-20(25)9-10-27-18-7-5-17(26-4)6-8-18/h5-8,11-13H,9-10H2,1-4H3,(H,23,24,25). The lowest BCUT2D eigenvalue weighted by Crippen LogP contribution is -2.11. The average Bonchev–Trinajstić information content (AvgIpc) is 3.09. The predicted molar refractivity (Wildman–Crippen MR) is 119 cm³/mol. The van der Waals surface area contributed by atoms with Crippen molar-refractivity contribution >= 4 is 34.1 Å². The molecule has 6 heteroatoms. The minimum absolute atomic E-state index is 0.0146. The van der Waals surface area contributed by atoms with E-state index in [1.54, 1.807) is 18.9 Å². The highest BCUT2D eigenvalue weighted by atomic mass is 32.2. The van der Waals surface area contributed by atoms with Crippen molar-refractivity contribution in [1.29, 1.82) is 0 Å². The van der Waals surface area contributed by atoms with Crippen LogP contribution in [0.5, 0.6) is 5.75 Å². The highest BCUT2D eigenvalue weighted by molar-refractivity contribution is 7.99. The van der Waals surface area contributed by atoms with Gasteiger partial charge in [0.15, 0.2) is 5.13 Å². The Hall–Kier alpha value is -2.31. The van der Waals surface area contributed by atoms with Crippen LogP contribution in [0.1, 0.15) is 23.1 Å². The van der Waals surface area contributed by atoms with E-state index in [-0.39, 0.29) is 5.91 Å². The normalized spacial score (nSPS) is 10.7. The van der Waals surface area contributed by atoms with E-state index < -0.39 is 0 Å². The molecule has 0 aliphatic carbocycles. The van der Waals surface area contributed by atoms with E-state index in [1.807, 2.05) is 29.6 Å². The summed E-state index contributed by atoms with van der Waals surface area (Å²) < 4.78 is 5.15. The van der Waals surface area contributed by atoms with Gasteiger partial charge in [0.05, 0.1) is 12.8 Å². The second-order valence-electron chi connectivity index (χ2n) is 6.63. The predicted octanol–water partition coefficient (Wildman–Crippen LogP) is 5.86. The zero-order valence-corrected chi connectivity index (χ0v) is 18.2. The number of nitrogens with zero attached hydrogens (tertiary/aromatic N) is 1. The Morgan fingerprint density at radius 2 is 1.82 bits per heavy atom. The first kappa shape index (κ1) is 20.4. The number of rotatable bonds is 7. The van der Waals surface area contributed by atoms with Crippen molar-refractivity contribution in [2.24, 2.45) is 0 Å². The first-order valence-corrected chi connectivity index (χ1v) is 10.9. The second-order valence-corrected chi connectivity index (χ2v) is 8.66. The maximum Gasteiger partial charge on any atom is 0.226 e. The van der Waals surface area contributed by atoms with Crippen LogP contribution in [0.15, 0.2) is 46.7 Å². The zero-order chi connectivity index (χ0) is 20.1. The Morgan fingerprint density at radius 1 is 1.14 bits per heavy atom. The molecule has 4 nitrogen and oxygen atoms in total. The Labute approximate surface area is 174 Å². The number of nitrogens with one attached hydrogen (secondary N) is 1. The first-order chi connectivity index (χ1) is 13.5. The Morgan fingerprint density at radius 3 is 2.46 bits per heavy atom. The van der Waals surface area contributed by atoms with Gasteiger partial charge in [0, 0.05) is 28.0 Å². The summed E-state index contributed by atoms with van der Waals surface area (Å²) in [6.07, 6.45) is 0.439. The van der Waals surface area contributed by atoms with Crippen molar-refractivity contribution < 1.29 is 9.53 Å². The maximum absolute atomic E-state index is 12.2. The van der Waals surface area contributed by atoms with Crippen molar-refractivity contribution in [2.75, 3.05) is 18.2 Å². The van der Waals surface area contributed by atoms with Crippen molar-refractivity contribution in [1.82, 2.24) is 4.98 Å². The molecular formula is C22H24N2O2S2. The molecule has 1 heterocycles. The van der Waals surface area contributed by atoms with E-state index >= 15 is 0 Å². The van der Waals surface area contributed by atoms with Gasteiger partial charge in [0.2, 0.25) is 5.91 Å². The van der Waals surface area contributed by atoms with Gasteiger partial charge in [-0.3, -0.25) is 4.79 Å². The highest BCUT2D eigenvalue weighted by Crippen LogP contribution is 2.31. The molecule has 0 atom stereocenters. The number of amides is 1. The molecule has 146 valence electrons. The van der Waals surface area contributed by atoms with Crippen molar-refractivity contribution in [3.63, 3.8) is 0 Å². The number of aryl methyl sites for hydroxylation is 3. The molecule has 1 aromatic heterocycles. The van der Waals surface area contributed by atoms with Gasteiger partial charge in [0.1, 0.15) is 5.75 Å². The number of thioether (sulfide) groups is 1. The molecule has 0 unspecified atom stereocenters. The van der Waals surface area contributed by atoms with Crippen LogP contribution in [0.3, 0.4) is 0 Å². The van der Waals surface area contributed by atoms with Crippen LogP contribution >= 0.6 is 23.1 Å². The molecule has 0 saturated heterocycles. The summed E-state index contributed by atoms with van der Waals surface area (Å²) in [5.74, 6) is 1.53. The Bertz CT molecular complexity index is 942. The van der Waals surface area contributed by atoms with Crippen LogP contribution in [-0.2, 0) is 4.79 Å². The van der Waals surface area contributed by atoms with Crippen LogP contribution in [0.4, 0.5) is 5.13 Å². The summed E-state index contributed by atoms with van der Waals surface area (Å²) in [5.41, 5.74) is 5.73. The zero-order valence-electron chi connectivity index (χ0n) is 16.5. The molecule has 0 bridgehead atoms. The van der Waals surface area contributed by atoms with Crippen LogP contribution in [0.25, 0.3) is 11.3 Å². The van der Waals surface area contributed by atoms with Crippen LogP contribution < -0.4 is 10.1 Å².